The van der Waals surface area contributed by atoms with E-state index >= 15 is 0 Å². The molecule has 7 heteroatoms. The Kier molecular flexibility index (Phi) is 5.18. The first-order chi connectivity index (χ1) is 14.5. The smallest absolute Gasteiger partial charge is 0.220 e. The number of rotatable bonds is 6. The Morgan fingerprint density at radius 2 is 1.63 bits per heavy atom. The number of nitrogens with zero attached hydrogens (tertiary/aromatic N) is 3. The van der Waals surface area contributed by atoms with E-state index in [1.165, 1.54) is 5.52 Å². The second-order valence-corrected chi connectivity index (χ2v) is 7.01. The number of nitrogen functional groups attached to an aromatic ring is 1. The van der Waals surface area contributed by atoms with Crippen molar-refractivity contribution in [2.75, 3.05) is 27.1 Å². The molecule has 4 aromatic rings. The van der Waals surface area contributed by atoms with Gasteiger partial charge in [-0.15, -0.1) is 0 Å². The van der Waals surface area contributed by atoms with Crippen LogP contribution < -0.4 is 19.9 Å². The zero-order valence-electron chi connectivity index (χ0n) is 17.5. The summed E-state index contributed by atoms with van der Waals surface area (Å²) in [6.07, 6.45) is 2.59. The van der Waals surface area contributed by atoms with Gasteiger partial charge in [0.2, 0.25) is 11.7 Å². The van der Waals surface area contributed by atoms with Crippen LogP contribution in [0.1, 0.15) is 11.3 Å². The van der Waals surface area contributed by atoms with Gasteiger partial charge < -0.3 is 24.5 Å². The number of methoxy groups -OCH3 is 3. The summed E-state index contributed by atoms with van der Waals surface area (Å²) < 4.78 is 18.4. The van der Waals surface area contributed by atoms with Crippen molar-refractivity contribution in [1.29, 1.82) is 0 Å². The van der Waals surface area contributed by atoms with Crippen LogP contribution >= 0.6 is 0 Å². The Morgan fingerprint density at radius 3 is 2.30 bits per heavy atom. The summed E-state index contributed by atoms with van der Waals surface area (Å²) >= 11 is 0. The lowest BCUT2D eigenvalue weighted by atomic mass is 10.0. The van der Waals surface area contributed by atoms with E-state index in [0.717, 1.165) is 27.9 Å². The minimum atomic E-state index is 0.239. The van der Waals surface area contributed by atoms with Gasteiger partial charge in [-0.2, -0.15) is 0 Å². The van der Waals surface area contributed by atoms with Crippen molar-refractivity contribution in [2.45, 2.75) is 6.42 Å². The number of benzene rings is 2. The Hall–Kier alpha value is -3.74. The number of hydrogen-bond acceptors (Lipinski definition) is 6. The van der Waals surface area contributed by atoms with Gasteiger partial charge in [0.1, 0.15) is 0 Å². The molecule has 0 saturated carbocycles. The van der Waals surface area contributed by atoms with Gasteiger partial charge in [0.15, 0.2) is 11.5 Å². The number of anilines is 1. The van der Waals surface area contributed by atoms with Crippen molar-refractivity contribution in [3.8, 4) is 28.5 Å². The fourth-order valence-electron chi connectivity index (χ4n) is 3.64. The van der Waals surface area contributed by atoms with Crippen molar-refractivity contribution in [1.82, 2.24) is 14.5 Å². The van der Waals surface area contributed by atoms with E-state index in [0.29, 0.717) is 23.7 Å². The molecule has 0 radical (unpaired) electrons. The van der Waals surface area contributed by atoms with Crippen LogP contribution in [-0.2, 0) is 13.5 Å². The van der Waals surface area contributed by atoms with Crippen LogP contribution in [0, 0.1) is 0 Å². The highest BCUT2D eigenvalue weighted by Gasteiger charge is 2.15. The number of nitrogens with two attached hydrogens (primary N) is 1. The average Bonchev–Trinajstić information content (AvgIpc) is 3.12. The summed E-state index contributed by atoms with van der Waals surface area (Å²) in [4.78, 5) is 8.87. The molecule has 0 spiro atoms. The van der Waals surface area contributed by atoms with Crippen molar-refractivity contribution in [3.05, 3.63) is 59.9 Å². The highest BCUT2D eigenvalue weighted by atomic mass is 16.5. The molecule has 0 saturated heterocycles. The van der Waals surface area contributed by atoms with Crippen molar-refractivity contribution >= 4 is 16.9 Å². The molecule has 30 heavy (non-hydrogen) atoms. The van der Waals surface area contributed by atoms with E-state index < -0.39 is 0 Å². The maximum atomic E-state index is 6.03. The van der Waals surface area contributed by atoms with Crippen LogP contribution in [0.15, 0.2) is 48.7 Å². The van der Waals surface area contributed by atoms with E-state index in [1.54, 1.807) is 21.3 Å². The van der Waals surface area contributed by atoms with Gasteiger partial charge in [0.05, 0.1) is 32.7 Å². The minimum Gasteiger partial charge on any atom is -0.493 e. The van der Waals surface area contributed by atoms with Gasteiger partial charge >= 0.3 is 0 Å². The fourth-order valence-corrected chi connectivity index (χ4v) is 3.64. The van der Waals surface area contributed by atoms with Gasteiger partial charge in [-0.1, -0.05) is 6.07 Å². The predicted octanol–water partition coefficient (Wildman–Crippen LogP) is 3.83. The quantitative estimate of drug-likeness (QED) is 0.526. The third-order valence-corrected chi connectivity index (χ3v) is 5.09. The molecule has 2 heterocycles. The molecule has 7 nitrogen and oxygen atoms in total. The molecule has 154 valence electrons. The number of hydrogen-bond donors (Lipinski definition) is 1. The second-order valence-electron chi connectivity index (χ2n) is 7.01. The Bertz CT molecular complexity index is 1190. The minimum absolute atomic E-state index is 0.239. The molecule has 2 aromatic carbocycles. The van der Waals surface area contributed by atoms with Crippen LogP contribution in [0.5, 0.6) is 17.2 Å². The van der Waals surface area contributed by atoms with Gasteiger partial charge in [-0.05, 0) is 42.0 Å². The molecule has 0 amide bonds. The fraction of sp³-hybridized carbons (Fsp3) is 0.217. The van der Waals surface area contributed by atoms with Gasteiger partial charge in [-0.3, -0.25) is 0 Å². The summed E-state index contributed by atoms with van der Waals surface area (Å²) in [6, 6.07) is 14.1. The predicted molar refractivity (Wildman–Crippen MR) is 117 cm³/mol. The highest BCUT2D eigenvalue weighted by molar-refractivity contribution is 5.85. The van der Waals surface area contributed by atoms with Crippen LogP contribution in [0.4, 0.5) is 5.95 Å². The molecule has 0 aliphatic heterocycles. The van der Waals surface area contributed by atoms with Crippen LogP contribution in [0.25, 0.3) is 22.2 Å². The van der Waals surface area contributed by atoms with E-state index in [2.05, 4.69) is 32.7 Å². The first-order valence-corrected chi connectivity index (χ1v) is 9.50. The SMILES string of the molecule is COc1cc(Cc2cc(-c3ccc4c(ccn4C)c3)nc(N)n2)cc(OC)c1OC. The molecule has 0 unspecified atom stereocenters. The number of aromatic nitrogens is 3. The summed E-state index contributed by atoms with van der Waals surface area (Å²) in [6.45, 7) is 0. The molecular formula is C23H24N4O3. The normalized spacial score (nSPS) is 10.9. The first-order valence-electron chi connectivity index (χ1n) is 9.50. The summed E-state index contributed by atoms with van der Waals surface area (Å²) in [7, 11) is 6.81. The highest BCUT2D eigenvalue weighted by Crippen LogP contribution is 2.38. The molecule has 0 bridgehead atoms. The molecule has 2 aromatic heterocycles. The number of fused-ring (bicyclic) bond motifs is 1. The summed E-state index contributed by atoms with van der Waals surface area (Å²) in [5, 5.41) is 1.15. The van der Waals surface area contributed by atoms with E-state index in [1.807, 2.05) is 37.5 Å². The maximum Gasteiger partial charge on any atom is 0.220 e. The zero-order valence-corrected chi connectivity index (χ0v) is 17.5. The van der Waals surface area contributed by atoms with Gasteiger partial charge in [0.25, 0.3) is 0 Å². The summed E-state index contributed by atoms with van der Waals surface area (Å²) in [5.74, 6) is 2.00. The maximum absolute atomic E-state index is 6.03. The lowest BCUT2D eigenvalue weighted by Crippen LogP contribution is -2.03. The standard InChI is InChI=1S/C23H24N4O3/c1-27-8-7-16-12-15(5-6-19(16)27)18-13-17(25-23(24)26-18)9-14-10-20(28-2)22(30-4)21(11-14)29-3/h5-8,10-13H,9H2,1-4H3,(H2,24,25,26). The number of aryl methyl sites for hydroxylation is 1. The van der Waals surface area contributed by atoms with Crippen molar-refractivity contribution in [2.24, 2.45) is 7.05 Å². The zero-order chi connectivity index (χ0) is 21.3. The molecule has 0 atom stereocenters. The van der Waals surface area contributed by atoms with Gasteiger partial charge in [0, 0.05) is 36.1 Å². The first kappa shape index (κ1) is 19.6. The Morgan fingerprint density at radius 1 is 0.900 bits per heavy atom. The third-order valence-electron chi connectivity index (χ3n) is 5.09. The number of ether oxygens (including phenoxy) is 3. The molecule has 0 fully saturated rings. The van der Waals surface area contributed by atoms with Crippen molar-refractivity contribution < 1.29 is 14.2 Å². The molecular weight excluding hydrogens is 380 g/mol. The van der Waals surface area contributed by atoms with Gasteiger partial charge in [-0.25, -0.2) is 9.97 Å². The molecule has 0 aliphatic rings. The third kappa shape index (κ3) is 3.61. The average molecular weight is 404 g/mol. The second kappa shape index (κ2) is 7.94. The topological polar surface area (TPSA) is 84.4 Å². The van der Waals surface area contributed by atoms with E-state index in [9.17, 15) is 0 Å². The van der Waals surface area contributed by atoms with Crippen LogP contribution in [0.3, 0.4) is 0 Å². The Labute approximate surface area is 175 Å². The molecule has 4 rings (SSSR count). The van der Waals surface area contributed by atoms with Crippen LogP contribution in [0.2, 0.25) is 0 Å². The van der Waals surface area contributed by atoms with E-state index in [4.69, 9.17) is 19.9 Å². The molecule has 0 aliphatic carbocycles. The summed E-state index contributed by atoms with van der Waals surface area (Å²) in [5.41, 5.74) is 10.7. The monoisotopic (exact) mass is 404 g/mol. The lowest BCUT2D eigenvalue weighted by Gasteiger charge is -2.14. The van der Waals surface area contributed by atoms with Crippen molar-refractivity contribution in [3.63, 3.8) is 0 Å². The Balaban J connectivity index is 1.71. The lowest BCUT2D eigenvalue weighted by molar-refractivity contribution is 0.324. The van der Waals surface area contributed by atoms with E-state index in [-0.39, 0.29) is 5.95 Å². The largest absolute Gasteiger partial charge is 0.493 e. The van der Waals surface area contributed by atoms with Crippen LogP contribution in [-0.4, -0.2) is 35.9 Å². The molecule has 2 N–H and O–H groups in total.